The van der Waals surface area contributed by atoms with Crippen molar-refractivity contribution in [3.63, 3.8) is 0 Å². The molecule has 0 aliphatic heterocycles. The van der Waals surface area contributed by atoms with Crippen molar-refractivity contribution >= 4 is 30.5 Å². The highest BCUT2D eigenvalue weighted by molar-refractivity contribution is 7.51. The van der Waals surface area contributed by atoms with Crippen LogP contribution in [0.5, 0.6) is 0 Å². The van der Waals surface area contributed by atoms with Gasteiger partial charge in [-0.15, -0.1) is 0 Å². The molecule has 140 valence electrons. The first kappa shape index (κ1) is 19.5. The van der Waals surface area contributed by atoms with Crippen LogP contribution in [0, 0.1) is 0 Å². The third kappa shape index (κ3) is 5.91. The molecule has 12 heteroatoms. The van der Waals surface area contributed by atoms with Gasteiger partial charge in [-0.2, -0.15) is 9.97 Å². The Labute approximate surface area is 145 Å². The molecule has 5 N–H and O–H groups in total. The largest absolute Gasteiger partial charge is 0.368 e. The summed E-state index contributed by atoms with van der Waals surface area (Å²) in [5.41, 5.74) is 6.90. The van der Waals surface area contributed by atoms with Crippen molar-refractivity contribution < 1.29 is 19.1 Å². The molecular formula is C13H24N7O4P. The summed E-state index contributed by atoms with van der Waals surface area (Å²) >= 11 is 0. The number of anilines is 2. The summed E-state index contributed by atoms with van der Waals surface area (Å²) < 4.78 is 17.8. The number of rotatable bonds is 9. The predicted octanol–water partition coefficient (Wildman–Crippen LogP) is -0.0777. The van der Waals surface area contributed by atoms with E-state index in [2.05, 4.69) is 20.3 Å². The van der Waals surface area contributed by atoms with E-state index in [1.165, 1.54) is 0 Å². The standard InChI is InChI=1S/C13H24N7O4P/c1-9(24-8-25(21,22)23)6-20-7-16-10-11(15-4-5-19(2)3)17-13(14)18-12(10)20/h7,9H,4-6,8H2,1-3H3,(H2,21,22,23)(H3,14,15,17,18). The van der Waals surface area contributed by atoms with E-state index in [1.54, 1.807) is 17.8 Å². The van der Waals surface area contributed by atoms with Crippen LogP contribution in [-0.4, -0.2) is 73.8 Å². The van der Waals surface area contributed by atoms with Crippen molar-refractivity contribution in [2.24, 2.45) is 0 Å². The minimum atomic E-state index is -4.20. The second kappa shape index (κ2) is 8.07. The normalized spacial score (nSPS) is 13.5. The maximum absolute atomic E-state index is 10.9. The Morgan fingerprint density at radius 3 is 2.80 bits per heavy atom. The predicted molar refractivity (Wildman–Crippen MR) is 94.2 cm³/mol. The average molecular weight is 373 g/mol. The molecule has 0 fully saturated rings. The zero-order valence-electron chi connectivity index (χ0n) is 14.5. The van der Waals surface area contributed by atoms with Gasteiger partial charge >= 0.3 is 7.60 Å². The summed E-state index contributed by atoms with van der Waals surface area (Å²) in [6.07, 6.45) is 0.508. The highest BCUT2D eigenvalue weighted by atomic mass is 31.2. The summed E-state index contributed by atoms with van der Waals surface area (Å²) in [7, 11) is -0.258. The lowest BCUT2D eigenvalue weighted by atomic mass is 10.4. The van der Waals surface area contributed by atoms with Crippen molar-refractivity contribution in [3.8, 4) is 0 Å². The van der Waals surface area contributed by atoms with Gasteiger partial charge in [-0.05, 0) is 21.0 Å². The molecule has 0 saturated heterocycles. The molecule has 25 heavy (non-hydrogen) atoms. The van der Waals surface area contributed by atoms with Crippen LogP contribution in [-0.2, 0) is 15.8 Å². The second-order valence-electron chi connectivity index (χ2n) is 6.00. The van der Waals surface area contributed by atoms with Crippen LogP contribution in [0.2, 0.25) is 0 Å². The molecule has 0 spiro atoms. The van der Waals surface area contributed by atoms with Crippen molar-refractivity contribution in [1.82, 2.24) is 24.4 Å². The van der Waals surface area contributed by atoms with E-state index < -0.39 is 20.0 Å². The Morgan fingerprint density at radius 1 is 1.44 bits per heavy atom. The zero-order valence-corrected chi connectivity index (χ0v) is 15.3. The van der Waals surface area contributed by atoms with Crippen LogP contribution < -0.4 is 11.1 Å². The van der Waals surface area contributed by atoms with Gasteiger partial charge in [-0.1, -0.05) is 0 Å². The number of ether oxygens (including phenoxy) is 1. The topological polar surface area (TPSA) is 152 Å². The van der Waals surface area contributed by atoms with Crippen molar-refractivity contribution in [3.05, 3.63) is 6.33 Å². The van der Waals surface area contributed by atoms with Gasteiger partial charge in [0.05, 0.1) is 19.0 Å². The molecule has 2 heterocycles. The quantitative estimate of drug-likeness (QED) is 0.439. The van der Waals surface area contributed by atoms with Gasteiger partial charge in [0.2, 0.25) is 5.95 Å². The van der Waals surface area contributed by atoms with Crippen LogP contribution >= 0.6 is 7.60 Å². The van der Waals surface area contributed by atoms with E-state index in [-0.39, 0.29) is 5.95 Å². The maximum Gasteiger partial charge on any atom is 0.350 e. The first-order valence-corrected chi connectivity index (χ1v) is 9.48. The Bertz CT molecular complexity index is 760. The molecule has 0 aliphatic carbocycles. The van der Waals surface area contributed by atoms with Gasteiger partial charge in [0, 0.05) is 13.1 Å². The summed E-state index contributed by atoms with van der Waals surface area (Å²) in [5.74, 6) is 0.664. The SMILES string of the molecule is CC(Cn1cnc2c(NCCN(C)C)nc(N)nc21)OCP(=O)(O)O. The third-order valence-corrected chi connectivity index (χ3v) is 3.80. The van der Waals surface area contributed by atoms with E-state index in [9.17, 15) is 4.57 Å². The minimum Gasteiger partial charge on any atom is -0.368 e. The molecule has 0 aromatic carbocycles. The lowest BCUT2D eigenvalue weighted by Gasteiger charge is -2.15. The molecule has 0 aliphatic rings. The fourth-order valence-corrected chi connectivity index (χ4v) is 2.62. The zero-order chi connectivity index (χ0) is 18.6. The van der Waals surface area contributed by atoms with Crippen molar-refractivity contribution in [1.29, 1.82) is 0 Å². The van der Waals surface area contributed by atoms with E-state index in [0.29, 0.717) is 30.1 Å². The summed E-state index contributed by atoms with van der Waals surface area (Å²) in [6.45, 7) is 3.53. The summed E-state index contributed by atoms with van der Waals surface area (Å²) in [5, 5.41) is 3.19. The number of nitrogen functional groups attached to an aromatic ring is 1. The highest BCUT2D eigenvalue weighted by Gasteiger charge is 2.18. The molecule has 0 amide bonds. The fraction of sp³-hybridized carbons (Fsp3) is 0.615. The lowest BCUT2D eigenvalue weighted by molar-refractivity contribution is 0.0764. The van der Waals surface area contributed by atoms with Crippen molar-refractivity contribution in [2.45, 2.75) is 19.6 Å². The van der Waals surface area contributed by atoms with Gasteiger partial charge in [-0.3, -0.25) is 4.57 Å². The van der Waals surface area contributed by atoms with E-state index in [1.807, 2.05) is 19.0 Å². The Balaban J connectivity index is 2.14. The molecule has 0 saturated carbocycles. The monoisotopic (exact) mass is 373 g/mol. The molecule has 11 nitrogen and oxygen atoms in total. The number of likely N-dealkylation sites (N-methyl/N-ethyl adjacent to an activating group) is 1. The van der Waals surface area contributed by atoms with Crippen LogP contribution in [0.1, 0.15) is 6.92 Å². The summed E-state index contributed by atoms with van der Waals surface area (Å²) in [6, 6.07) is 0. The number of nitrogens with two attached hydrogens (primary N) is 1. The van der Waals surface area contributed by atoms with Crippen LogP contribution in [0.4, 0.5) is 11.8 Å². The number of nitrogens with zero attached hydrogens (tertiary/aromatic N) is 5. The van der Waals surface area contributed by atoms with E-state index in [0.717, 1.165) is 6.54 Å². The van der Waals surface area contributed by atoms with E-state index in [4.69, 9.17) is 20.3 Å². The van der Waals surface area contributed by atoms with E-state index >= 15 is 0 Å². The fourth-order valence-electron chi connectivity index (χ4n) is 2.17. The smallest absolute Gasteiger partial charge is 0.350 e. The van der Waals surface area contributed by atoms with Gasteiger partial charge in [0.25, 0.3) is 0 Å². The molecule has 1 atom stereocenters. The molecule has 0 radical (unpaired) electrons. The molecular weight excluding hydrogens is 349 g/mol. The number of nitrogens with one attached hydrogen (secondary N) is 1. The Kier molecular flexibility index (Phi) is 6.31. The van der Waals surface area contributed by atoms with Gasteiger partial charge < -0.3 is 35.0 Å². The van der Waals surface area contributed by atoms with Crippen molar-refractivity contribution in [2.75, 3.05) is 44.6 Å². The van der Waals surface area contributed by atoms with Gasteiger partial charge in [0.1, 0.15) is 6.35 Å². The Hall–Kier alpha value is -1.78. The molecule has 2 aromatic heterocycles. The van der Waals surface area contributed by atoms with Gasteiger partial charge in [0.15, 0.2) is 17.0 Å². The minimum absolute atomic E-state index is 0.116. The van der Waals surface area contributed by atoms with Gasteiger partial charge in [-0.25, -0.2) is 4.98 Å². The molecule has 2 aromatic rings. The second-order valence-corrected chi connectivity index (χ2v) is 7.59. The summed E-state index contributed by atoms with van der Waals surface area (Å²) in [4.78, 5) is 32.5. The van der Waals surface area contributed by atoms with Crippen LogP contribution in [0.25, 0.3) is 11.2 Å². The number of imidazole rings is 1. The lowest BCUT2D eigenvalue weighted by Crippen LogP contribution is -2.21. The number of hydrogen-bond acceptors (Lipinski definition) is 8. The molecule has 1 unspecified atom stereocenters. The van der Waals surface area contributed by atoms with Crippen LogP contribution in [0.15, 0.2) is 6.33 Å². The first-order chi connectivity index (χ1) is 11.7. The van der Waals surface area contributed by atoms with Crippen LogP contribution in [0.3, 0.4) is 0 Å². The number of hydrogen-bond donors (Lipinski definition) is 4. The first-order valence-electron chi connectivity index (χ1n) is 7.69. The number of fused-ring (bicyclic) bond motifs is 1. The molecule has 2 rings (SSSR count). The Morgan fingerprint density at radius 2 is 2.16 bits per heavy atom. The average Bonchev–Trinajstić information content (AvgIpc) is 2.87. The number of aromatic nitrogens is 4. The third-order valence-electron chi connectivity index (χ3n) is 3.31. The highest BCUT2D eigenvalue weighted by Crippen LogP contribution is 2.34. The maximum atomic E-state index is 10.9. The molecule has 0 bridgehead atoms.